The van der Waals surface area contributed by atoms with Crippen LogP contribution < -0.4 is 0 Å². The third-order valence-corrected chi connectivity index (χ3v) is 3.94. The van der Waals surface area contributed by atoms with Crippen LogP contribution >= 0.6 is 27.5 Å². The van der Waals surface area contributed by atoms with Gasteiger partial charge in [0.25, 0.3) is 0 Å². The van der Waals surface area contributed by atoms with Gasteiger partial charge in [-0.2, -0.15) is 9.47 Å². The lowest BCUT2D eigenvalue weighted by atomic mass is 10.3. The first-order valence-corrected chi connectivity index (χ1v) is 5.83. The van der Waals surface area contributed by atoms with Gasteiger partial charge >= 0.3 is 0 Å². The SMILES string of the molecule is CCc1nsc(Cn2cncn2)c1Br. The summed E-state index contributed by atoms with van der Waals surface area (Å²) in [5.41, 5.74) is 1.12. The smallest absolute Gasteiger partial charge is 0.137 e. The summed E-state index contributed by atoms with van der Waals surface area (Å²) in [5, 5.41) is 4.05. The number of hydrogen-bond donors (Lipinski definition) is 0. The molecule has 14 heavy (non-hydrogen) atoms. The average Bonchev–Trinajstić information content (AvgIpc) is 2.79. The van der Waals surface area contributed by atoms with Crippen molar-refractivity contribution >= 4 is 27.5 Å². The average molecular weight is 273 g/mol. The highest BCUT2D eigenvalue weighted by Crippen LogP contribution is 2.26. The molecule has 2 aromatic rings. The fourth-order valence-electron chi connectivity index (χ4n) is 1.13. The maximum Gasteiger partial charge on any atom is 0.137 e. The minimum absolute atomic E-state index is 0.734. The first-order valence-electron chi connectivity index (χ1n) is 4.26. The molecule has 0 aromatic carbocycles. The lowest BCUT2D eigenvalue weighted by Gasteiger charge is -1.97. The molecule has 0 saturated heterocycles. The Labute approximate surface area is 94.3 Å². The van der Waals surface area contributed by atoms with Crippen molar-refractivity contribution in [1.82, 2.24) is 19.1 Å². The first-order chi connectivity index (χ1) is 6.81. The fourth-order valence-corrected chi connectivity index (χ4v) is 2.79. The van der Waals surface area contributed by atoms with Crippen LogP contribution in [0, 0.1) is 0 Å². The molecule has 0 radical (unpaired) electrons. The monoisotopic (exact) mass is 272 g/mol. The van der Waals surface area contributed by atoms with Gasteiger partial charge in [-0.05, 0) is 33.9 Å². The molecule has 0 aliphatic heterocycles. The van der Waals surface area contributed by atoms with Gasteiger partial charge in [-0.1, -0.05) is 6.92 Å². The van der Waals surface area contributed by atoms with Crippen LogP contribution in [0.1, 0.15) is 17.5 Å². The van der Waals surface area contributed by atoms with Crippen molar-refractivity contribution in [2.75, 3.05) is 0 Å². The second kappa shape index (κ2) is 4.18. The Hall–Kier alpha value is -0.750. The lowest BCUT2D eigenvalue weighted by molar-refractivity contribution is 0.690. The maximum atomic E-state index is 4.35. The molecule has 0 bridgehead atoms. The van der Waals surface area contributed by atoms with Gasteiger partial charge in [0.2, 0.25) is 0 Å². The Morgan fingerprint density at radius 3 is 3.00 bits per heavy atom. The Kier molecular flexibility index (Phi) is 2.93. The number of halogens is 1. The van der Waals surface area contributed by atoms with Crippen molar-refractivity contribution in [1.29, 1.82) is 0 Å². The number of hydrogen-bond acceptors (Lipinski definition) is 4. The number of rotatable bonds is 3. The largest absolute Gasteiger partial charge is 0.248 e. The number of aromatic nitrogens is 4. The normalized spacial score (nSPS) is 10.7. The predicted octanol–water partition coefficient (Wildman–Crippen LogP) is 2.11. The van der Waals surface area contributed by atoms with Crippen LogP contribution in [0.4, 0.5) is 0 Å². The molecule has 0 aliphatic rings. The Balaban J connectivity index is 2.21. The molecule has 2 aromatic heterocycles. The van der Waals surface area contributed by atoms with Crippen molar-refractivity contribution in [3.05, 3.63) is 27.7 Å². The van der Waals surface area contributed by atoms with Gasteiger partial charge in [0.15, 0.2) is 0 Å². The van der Waals surface area contributed by atoms with Crippen LogP contribution in [-0.2, 0) is 13.0 Å². The molecule has 0 fully saturated rings. The maximum absolute atomic E-state index is 4.35. The van der Waals surface area contributed by atoms with E-state index >= 15 is 0 Å². The van der Waals surface area contributed by atoms with E-state index in [2.05, 4.69) is 37.3 Å². The molecule has 74 valence electrons. The highest BCUT2D eigenvalue weighted by Gasteiger charge is 2.09. The van der Waals surface area contributed by atoms with Crippen molar-refractivity contribution in [3.63, 3.8) is 0 Å². The van der Waals surface area contributed by atoms with Gasteiger partial charge in [0.1, 0.15) is 12.7 Å². The first kappa shape index (κ1) is 9.79. The second-order valence-corrected chi connectivity index (χ2v) is 4.46. The zero-order chi connectivity index (χ0) is 9.97. The molecule has 0 saturated carbocycles. The van der Waals surface area contributed by atoms with E-state index < -0.39 is 0 Å². The van der Waals surface area contributed by atoms with Crippen LogP contribution in [0.3, 0.4) is 0 Å². The Morgan fingerprint density at radius 1 is 1.57 bits per heavy atom. The highest BCUT2D eigenvalue weighted by molar-refractivity contribution is 9.10. The molecule has 0 amide bonds. The number of nitrogens with zero attached hydrogens (tertiary/aromatic N) is 4. The van der Waals surface area contributed by atoms with Crippen LogP contribution in [0.2, 0.25) is 0 Å². The quantitative estimate of drug-likeness (QED) is 0.860. The molecule has 2 heterocycles. The van der Waals surface area contributed by atoms with Crippen molar-refractivity contribution < 1.29 is 0 Å². The summed E-state index contributed by atoms with van der Waals surface area (Å²) < 4.78 is 7.25. The summed E-state index contributed by atoms with van der Waals surface area (Å²) in [6, 6.07) is 0. The van der Waals surface area contributed by atoms with E-state index in [4.69, 9.17) is 0 Å². The zero-order valence-corrected chi connectivity index (χ0v) is 10.0. The van der Waals surface area contributed by atoms with Gasteiger partial charge in [0, 0.05) is 0 Å². The molecule has 6 heteroatoms. The van der Waals surface area contributed by atoms with Gasteiger partial charge in [-0.25, -0.2) is 9.67 Å². The molecule has 0 atom stereocenters. The summed E-state index contributed by atoms with van der Waals surface area (Å²) in [7, 11) is 0. The fraction of sp³-hybridized carbons (Fsp3) is 0.375. The molecule has 2 rings (SSSR count). The zero-order valence-electron chi connectivity index (χ0n) is 7.64. The van der Waals surface area contributed by atoms with Crippen LogP contribution in [0.5, 0.6) is 0 Å². The minimum Gasteiger partial charge on any atom is -0.248 e. The van der Waals surface area contributed by atoms with E-state index in [9.17, 15) is 0 Å². The summed E-state index contributed by atoms with van der Waals surface area (Å²) in [6.07, 6.45) is 4.20. The minimum atomic E-state index is 0.734. The summed E-state index contributed by atoms with van der Waals surface area (Å²) >= 11 is 5.06. The van der Waals surface area contributed by atoms with Gasteiger partial charge in [0.05, 0.1) is 21.6 Å². The predicted molar refractivity (Wildman–Crippen MR) is 58.3 cm³/mol. The molecule has 0 unspecified atom stereocenters. The molecule has 0 aliphatic carbocycles. The molecule has 0 N–H and O–H groups in total. The molecule has 0 spiro atoms. The third kappa shape index (κ3) is 1.85. The van der Waals surface area contributed by atoms with Gasteiger partial charge in [-0.3, -0.25) is 0 Å². The number of aryl methyl sites for hydroxylation is 1. The van der Waals surface area contributed by atoms with E-state index in [1.807, 2.05) is 0 Å². The van der Waals surface area contributed by atoms with E-state index in [0.717, 1.165) is 23.1 Å². The van der Waals surface area contributed by atoms with Gasteiger partial charge < -0.3 is 0 Å². The Morgan fingerprint density at radius 2 is 2.43 bits per heavy atom. The van der Waals surface area contributed by atoms with E-state index in [0.29, 0.717) is 0 Å². The van der Waals surface area contributed by atoms with Gasteiger partial charge in [-0.15, -0.1) is 0 Å². The van der Waals surface area contributed by atoms with E-state index in [1.165, 1.54) is 22.7 Å². The van der Waals surface area contributed by atoms with Crippen molar-refractivity contribution in [2.45, 2.75) is 19.9 Å². The molecular weight excluding hydrogens is 264 g/mol. The summed E-state index contributed by atoms with van der Waals surface area (Å²) in [4.78, 5) is 5.08. The molecule has 4 nitrogen and oxygen atoms in total. The van der Waals surface area contributed by atoms with Crippen molar-refractivity contribution in [3.8, 4) is 0 Å². The third-order valence-electron chi connectivity index (χ3n) is 1.87. The van der Waals surface area contributed by atoms with Crippen LogP contribution in [-0.4, -0.2) is 19.1 Å². The van der Waals surface area contributed by atoms with Crippen LogP contribution in [0.15, 0.2) is 17.1 Å². The topological polar surface area (TPSA) is 43.6 Å². The van der Waals surface area contributed by atoms with E-state index in [1.54, 1.807) is 11.0 Å². The van der Waals surface area contributed by atoms with Crippen LogP contribution in [0.25, 0.3) is 0 Å². The van der Waals surface area contributed by atoms with E-state index in [-0.39, 0.29) is 0 Å². The highest BCUT2D eigenvalue weighted by atomic mass is 79.9. The van der Waals surface area contributed by atoms with Crippen molar-refractivity contribution in [2.24, 2.45) is 0 Å². The standard InChI is InChI=1S/C8H9BrN4S/c1-2-6-8(9)7(14-12-6)3-13-5-10-4-11-13/h4-5H,2-3H2,1H3. The Bertz CT molecular complexity index is 409. The second-order valence-electron chi connectivity index (χ2n) is 2.81. The summed E-state index contributed by atoms with van der Waals surface area (Å²) in [6.45, 7) is 2.83. The lowest BCUT2D eigenvalue weighted by Crippen LogP contribution is -1.98. The summed E-state index contributed by atoms with van der Waals surface area (Å²) in [5.74, 6) is 0. The molecular formula is C8H9BrN4S.